The SMILES string of the molecule is COC(=O)C(C)(C)CNc1cc(OC)c(Cl)cc1OC. The third-order valence-electron chi connectivity index (χ3n) is 2.93. The van der Waals surface area contributed by atoms with Crippen LogP contribution in [-0.2, 0) is 9.53 Å². The van der Waals surface area contributed by atoms with Crippen molar-refractivity contribution in [2.24, 2.45) is 5.41 Å². The fourth-order valence-electron chi connectivity index (χ4n) is 1.66. The monoisotopic (exact) mass is 301 g/mol. The van der Waals surface area contributed by atoms with Gasteiger partial charge in [-0.15, -0.1) is 0 Å². The summed E-state index contributed by atoms with van der Waals surface area (Å²) in [5.74, 6) is 0.826. The van der Waals surface area contributed by atoms with E-state index in [1.165, 1.54) is 14.2 Å². The van der Waals surface area contributed by atoms with Gasteiger partial charge in [-0.05, 0) is 13.8 Å². The number of carbonyl (C=O) groups is 1. The number of hydrogen-bond donors (Lipinski definition) is 1. The first-order chi connectivity index (χ1) is 9.35. The number of ether oxygens (including phenoxy) is 3. The predicted octanol–water partition coefficient (Wildman–Crippen LogP) is 2.97. The third kappa shape index (κ3) is 3.70. The molecular formula is C14H20ClNO4. The lowest BCUT2D eigenvalue weighted by atomic mass is 9.93. The van der Waals surface area contributed by atoms with E-state index in [0.717, 1.165) is 0 Å². The summed E-state index contributed by atoms with van der Waals surface area (Å²) in [6, 6.07) is 3.39. The first-order valence-electron chi connectivity index (χ1n) is 6.09. The number of anilines is 1. The van der Waals surface area contributed by atoms with E-state index in [-0.39, 0.29) is 5.97 Å². The van der Waals surface area contributed by atoms with Crippen molar-refractivity contribution in [2.45, 2.75) is 13.8 Å². The van der Waals surface area contributed by atoms with Crippen LogP contribution in [0, 0.1) is 5.41 Å². The maximum absolute atomic E-state index is 11.6. The van der Waals surface area contributed by atoms with Crippen molar-refractivity contribution in [1.82, 2.24) is 0 Å². The minimum Gasteiger partial charge on any atom is -0.495 e. The van der Waals surface area contributed by atoms with Gasteiger partial charge in [-0.1, -0.05) is 11.6 Å². The van der Waals surface area contributed by atoms with Crippen LogP contribution in [0.1, 0.15) is 13.8 Å². The van der Waals surface area contributed by atoms with Crippen LogP contribution in [0.2, 0.25) is 5.02 Å². The van der Waals surface area contributed by atoms with Gasteiger partial charge in [0.25, 0.3) is 0 Å². The molecule has 0 saturated heterocycles. The topological polar surface area (TPSA) is 56.8 Å². The van der Waals surface area contributed by atoms with Gasteiger partial charge in [0.15, 0.2) is 0 Å². The smallest absolute Gasteiger partial charge is 0.313 e. The summed E-state index contributed by atoms with van der Waals surface area (Å²) in [7, 11) is 4.46. The van der Waals surface area contributed by atoms with Gasteiger partial charge in [0.05, 0.1) is 37.5 Å². The molecule has 0 atom stereocenters. The zero-order chi connectivity index (χ0) is 15.3. The molecule has 0 heterocycles. The van der Waals surface area contributed by atoms with Crippen LogP contribution in [0.4, 0.5) is 5.69 Å². The molecule has 0 aliphatic carbocycles. The van der Waals surface area contributed by atoms with Crippen LogP contribution in [0.25, 0.3) is 0 Å². The Morgan fingerprint density at radius 1 is 1.20 bits per heavy atom. The highest BCUT2D eigenvalue weighted by molar-refractivity contribution is 6.32. The fraction of sp³-hybridized carbons (Fsp3) is 0.500. The lowest BCUT2D eigenvalue weighted by molar-refractivity contribution is -0.149. The lowest BCUT2D eigenvalue weighted by Gasteiger charge is -2.23. The lowest BCUT2D eigenvalue weighted by Crippen LogP contribution is -2.33. The average molecular weight is 302 g/mol. The van der Waals surface area contributed by atoms with E-state index in [1.54, 1.807) is 33.1 Å². The van der Waals surface area contributed by atoms with Crippen molar-refractivity contribution in [1.29, 1.82) is 0 Å². The van der Waals surface area contributed by atoms with Gasteiger partial charge >= 0.3 is 5.97 Å². The van der Waals surface area contributed by atoms with Crippen LogP contribution >= 0.6 is 11.6 Å². The van der Waals surface area contributed by atoms with E-state index in [0.29, 0.717) is 28.8 Å². The highest BCUT2D eigenvalue weighted by atomic mass is 35.5. The van der Waals surface area contributed by atoms with Gasteiger partial charge in [0, 0.05) is 18.7 Å². The maximum atomic E-state index is 11.6. The predicted molar refractivity (Wildman–Crippen MR) is 78.8 cm³/mol. The van der Waals surface area contributed by atoms with Gasteiger partial charge in [-0.3, -0.25) is 4.79 Å². The quantitative estimate of drug-likeness (QED) is 0.819. The first kappa shape index (κ1) is 16.4. The molecule has 1 aromatic carbocycles. The highest BCUT2D eigenvalue weighted by Gasteiger charge is 2.28. The number of carbonyl (C=O) groups excluding carboxylic acids is 1. The first-order valence-corrected chi connectivity index (χ1v) is 6.47. The zero-order valence-corrected chi connectivity index (χ0v) is 13.1. The van der Waals surface area contributed by atoms with Crippen molar-refractivity contribution >= 4 is 23.3 Å². The molecule has 0 bridgehead atoms. The molecule has 1 rings (SSSR count). The summed E-state index contributed by atoms with van der Waals surface area (Å²) in [4.78, 5) is 11.6. The minimum absolute atomic E-state index is 0.287. The molecule has 0 aliphatic rings. The molecule has 0 spiro atoms. The van der Waals surface area contributed by atoms with Crippen LogP contribution in [0.3, 0.4) is 0 Å². The zero-order valence-electron chi connectivity index (χ0n) is 12.4. The molecule has 5 nitrogen and oxygen atoms in total. The second-order valence-corrected chi connectivity index (χ2v) is 5.32. The van der Waals surface area contributed by atoms with Crippen LogP contribution in [0.15, 0.2) is 12.1 Å². The third-order valence-corrected chi connectivity index (χ3v) is 3.23. The van der Waals surface area contributed by atoms with Gasteiger partial charge in [-0.25, -0.2) is 0 Å². The number of halogens is 1. The van der Waals surface area contributed by atoms with Crippen LogP contribution in [0.5, 0.6) is 11.5 Å². The van der Waals surface area contributed by atoms with E-state index in [9.17, 15) is 4.79 Å². The highest BCUT2D eigenvalue weighted by Crippen LogP contribution is 2.36. The van der Waals surface area contributed by atoms with Crippen molar-refractivity contribution < 1.29 is 19.0 Å². The molecule has 0 amide bonds. The van der Waals surface area contributed by atoms with E-state index >= 15 is 0 Å². The molecule has 0 radical (unpaired) electrons. The standard InChI is InChI=1S/C14H20ClNO4/c1-14(2,13(17)20-5)8-16-10-7-11(18-3)9(15)6-12(10)19-4/h6-7,16H,8H2,1-5H3. The molecule has 0 unspecified atom stereocenters. The molecule has 6 heteroatoms. The largest absolute Gasteiger partial charge is 0.495 e. The van der Waals surface area contributed by atoms with E-state index in [1.807, 2.05) is 0 Å². The fourth-order valence-corrected chi connectivity index (χ4v) is 1.89. The Bertz CT molecular complexity index is 488. The Balaban J connectivity index is 2.94. The molecule has 1 aromatic rings. The Labute approximate surface area is 124 Å². The van der Waals surface area contributed by atoms with Gasteiger partial charge in [0.2, 0.25) is 0 Å². The van der Waals surface area contributed by atoms with Crippen molar-refractivity contribution in [3.8, 4) is 11.5 Å². The van der Waals surface area contributed by atoms with E-state index in [2.05, 4.69) is 5.32 Å². The Morgan fingerprint density at radius 2 is 1.80 bits per heavy atom. The maximum Gasteiger partial charge on any atom is 0.313 e. The normalized spacial score (nSPS) is 10.9. The average Bonchev–Trinajstić information content (AvgIpc) is 2.44. The Kier molecular flexibility index (Phi) is 5.51. The number of rotatable bonds is 6. The van der Waals surface area contributed by atoms with Crippen LogP contribution < -0.4 is 14.8 Å². The number of nitrogens with one attached hydrogen (secondary N) is 1. The molecule has 0 aliphatic heterocycles. The summed E-state index contributed by atoms with van der Waals surface area (Å²) in [5.41, 5.74) is 0.0397. The van der Waals surface area contributed by atoms with E-state index in [4.69, 9.17) is 25.8 Å². The molecular weight excluding hydrogens is 282 g/mol. The second kappa shape index (κ2) is 6.70. The summed E-state index contributed by atoms with van der Waals surface area (Å²) < 4.78 is 15.2. The summed E-state index contributed by atoms with van der Waals surface area (Å²) >= 11 is 6.04. The number of methoxy groups -OCH3 is 3. The molecule has 1 N–H and O–H groups in total. The molecule has 0 saturated carbocycles. The van der Waals surface area contributed by atoms with Crippen molar-refractivity contribution in [3.05, 3.63) is 17.2 Å². The van der Waals surface area contributed by atoms with E-state index < -0.39 is 5.41 Å². The van der Waals surface area contributed by atoms with Crippen LogP contribution in [-0.4, -0.2) is 33.8 Å². The number of benzene rings is 1. The minimum atomic E-state index is -0.660. The second-order valence-electron chi connectivity index (χ2n) is 4.92. The van der Waals surface area contributed by atoms with Gasteiger partial charge < -0.3 is 19.5 Å². The van der Waals surface area contributed by atoms with Crippen molar-refractivity contribution in [2.75, 3.05) is 33.2 Å². The van der Waals surface area contributed by atoms with Crippen molar-refractivity contribution in [3.63, 3.8) is 0 Å². The molecule has 112 valence electrons. The Morgan fingerprint density at radius 3 is 2.30 bits per heavy atom. The van der Waals surface area contributed by atoms with Gasteiger partial charge in [-0.2, -0.15) is 0 Å². The number of hydrogen-bond acceptors (Lipinski definition) is 5. The molecule has 20 heavy (non-hydrogen) atoms. The summed E-state index contributed by atoms with van der Waals surface area (Å²) in [5, 5.41) is 3.62. The Hall–Kier alpha value is -1.62. The molecule has 0 fully saturated rings. The summed E-state index contributed by atoms with van der Waals surface area (Å²) in [6.07, 6.45) is 0. The molecule has 0 aromatic heterocycles. The van der Waals surface area contributed by atoms with Gasteiger partial charge in [0.1, 0.15) is 11.5 Å². The number of esters is 1. The summed E-state index contributed by atoms with van der Waals surface area (Å²) in [6.45, 7) is 3.98.